The molecule has 162 valence electrons. The van der Waals surface area contributed by atoms with Crippen molar-refractivity contribution >= 4 is 11.6 Å². The lowest BCUT2D eigenvalue weighted by molar-refractivity contribution is -0.131. The summed E-state index contributed by atoms with van der Waals surface area (Å²) in [5, 5.41) is 0. The summed E-state index contributed by atoms with van der Waals surface area (Å²) in [4.78, 5) is 24.1. The summed E-state index contributed by atoms with van der Waals surface area (Å²) in [7, 11) is 0. The highest BCUT2D eigenvalue weighted by Gasteiger charge is 2.32. The van der Waals surface area contributed by atoms with E-state index in [4.69, 9.17) is 0 Å². The molecule has 0 amide bonds. The van der Waals surface area contributed by atoms with Gasteiger partial charge < -0.3 is 0 Å². The molecular formula is C18H8F10O2. The lowest BCUT2D eigenvalue weighted by Gasteiger charge is -2.13. The summed E-state index contributed by atoms with van der Waals surface area (Å²) in [6.07, 6.45) is -2.93. The van der Waals surface area contributed by atoms with Crippen molar-refractivity contribution in [2.24, 2.45) is 5.92 Å². The Balaban J connectivity index is 2.30. The SMILES string of the molecule is CC(C(=O)Cc1c(F)c(F)c(F)c(F)c1F)C(=O)Cc1c(F)c(F)c(F)c(F)c1F. The molecule has 0 unspecified atom stereocenters. The van der Waals surface area contributed by atoms with Gasteiger partial charge in [0.05, 0.1) is 5.92 Å². The number of carbonyl (C=O) groups is 2. The molecule has 0 spiro atoms. The highest BCUT2D eigenvalue weighted by atomic mass is 19.2. The van der Waals surface area contributed by atoms with Gasteiger partial charge in [-0.25, -0.2) is 43.9 Å². The lowest BCUT2D eigenvalue weighted by Crippen LogP contribution is -2.26. The van der Waals surface area contributed by atoms with Crippen molar-refractivity contribution in [1.29, 1.82) is 0 Å². The summed E-state index contributed by atoms with van der Waals surface area (Å²) >= 11 is 0. The Labute approximate surface area is 161 Å². The Morgan fingerprint density at radius 3 is 0.933 bits per heavy atom. The minimum atomic E-state index is -2.48. The van der Waals surface area contributed by atoms with Gasteiger partial charge in [-0.15, -0.1) is 0 Å². The van der Waals surface area contributed by atoms with Crippen molar-refractivity contribution in [1.82, 2.24) is 0 Å². The summed E-state index contributed by atoms with van der Waals surface area (Å²) in [6, 6.07) is 0. The van der Waals surface area contributed by atoms with Gasteiger partial charge in [0.15, 0.2) is 46.5 Å². The fraction of sp³-hybridized carbons (Fsp3) is 0.222. The third-order valence-electron chi connectivity index (χ3n) is 4.27. The van der Waals surface area contributed by atoms with E-state index in [1.54, 1.807) is 0 Å². The summed E-state index contributed by atoms with van der Waals surface area (Å²) in [5.74, 6) is -28.4. The molecule has 0 heterocycles. The quantitative estimate of drug-likeness (QED) is 0.281. The molecule has 12 heteroatoms. The maximum absolute atomic E-state index is 13.6. The minimum absolute atomic E-state index is 0.767. The monoisotopic (exact) mass is 446 g/mol. The molecule has 2 rings (SSSR count). The Hall–Kier alpha value is -2.92. The van der Waals surface area contributed by atoms with E-state index in [0.717, 1.165) is 6.92 Å². The van der Waals surface area contributed by atoms with E-state index in [2.05, 4.69) is 0 Å². The van der Waals surface area contributed by atoms with Crippen LogP contribution in [-0.2, 0) is 22.4 Å². The number of rotatable bonds is 6. The normalized spacial score (nSPS) is 11.3. The van der Waals surface area contributed by atoms with Crippen LogP contribution in [-0.4, -0.2) is 11.6 Å². The third-order valence-corrected chi connectivity index (χ3v) is 4.27. The predicted octanol–water partition coefficient (Wildman–Crippen LogP) is 4.64. The number of Topliss-reactive ketones (excluding diaryl/α,β-unsaturated/α-hetero) is 2. The van der Waals surface area contributed by atoms with Crippen molar-refractivity contribution < 1.29 is 53.5 Å². The van der Waals surface area contributed by atoms with Gasteiger partial charge >= 0.3 is 0 Å². The van der Waals surface area contributed by atoms with E-state index in [-0.39, 0.29) is 0 Å². The van der Waals surface area contributed by atoms with E-state index in [1.165, 1.54) is 0 Å². The van der Waals surface area contributed by atoms with Crippen LogP contribution >= 0.6 is 0 Å². The molecule has 0 saturated heterocycles. The van der Waals surface area contributed by atoms with Crippen LogP contribution in [0.1, 0.15) is 18.1 Å². The Morgan fingerprint density at radius 1 is 0.500 bits per heavy atom. The zero-order valence-corrected chi connectivity index (χ0v) is 14.6. The maximum atomic E-state index is 13.6. The smallest absolute Gasteiger partial charge is 0.200 e. The van der Waals surface area contributed by atoms with Gasteiger partial charge in [0.2, 0.25) is 11.6 Å². The number of carbonyl (C=O) groups excluding carboxylic acids is 2. The first kappa shape index (κ1) is 23.4. The van der Waals surface area contributed by atoms with Gasteiger partial charge in [-0.1, -0.05) is 0 Å². The number of halogens is 10. The van der Waals surface area contributed by atoms with E-state index in [9.17, 15) is 53.5 Å². The fourth-order valence-electron chi connectivity index (χ4n) is 2.45. The molecule has 0 aliphatic rings. The van der Waals surface area contributed by atoms with E-state index in [1.807, 2.05) is 0 Å². The van der Waals surface area contributed by atoms with Crippen LogP contribution in [0.4, 0.5) is 43.9 Å². The molecule has 0 radical (unpaired) electrons. The van der Waals surface area contributed by atoms with Gasteiger partial charge in [0.1, 0.15) is 11.6 Å². The fourth-order valence-corrected chi connectivity index (χ4v) is 2.45. The highest BCUT2D eigenvalue weighted by Crippen LogP contribution is 2.26. The van der Waals surface area contributed by atoms with Crippen molar-refractivity contribution in [3.8, 4) is 0 Å². The Morgan fingerprint density at radius 2 is 0.700 bits per heavy atom. The van der Waals surface area contributed by atoms with Crippen molar-refractivity contribution in [2.45, 2.75) is 19.8 Å². The van der Waals surface area contributed by atoms with Crippen molar-refractivity contribution in [3.63, 3.8) is 0 Å². The molecule has 0 aliphatic heterocycles. The number of hydrogen-bond acceptors (Lipinski definition) is 2. The van der Waals surface area contributed by atoms with Crippen LogP contribution in [0.3, 0.4) is 0 Å². The van der Waals surface area contributed by atoms with Gasteiger partial charge in [0.25, 0.3) is 0 Å². The molecule has 30 heavy (non-hydrogen) atoms. The zero-order valence-electron chi connectivity index (χ0n) is 14.6. The van der Waals surface area contributed by atoms with Crippen LogP contribution in [0.15, 0.2) is 0 Å². The topological polar surface area (TPSA) is 34.1 Å². The van der Waals surface area contributed by atoms with Gasteiger partial charge in [-0.2, -0.15) is 0 Å². The molecule has 0 fully saturated rings. The standard InChI is InChI=1S/C18H8F10O2/c1-4(7(29)2-5-9(19)13(23)17(27)14(24)10(5)20)8(30)3-6-11(21)15(25)18(28)16(26)12(6)22/h4H,2-3H2,1H3. The van der Waals surface area contributed by atoms with Crippen LogP contribution in [0.25, 0.3) is 0 Å². The molecular weight excluding hydrogens is 438 g/mol. The van der Waals surface area contributed by atoms with Crippen LogP contribution < -0.4 is 0 Å². The first-order valence-electron chi connectivity index (χ1n) is 7.87. The number of ketones is 2. The van der Waals surface area contributed by atoms with Crippen LogP contribution in [0.2, 0.25) is 0 Å². The van der Waals surface area contributed by atoms with E-state index >= 15 is 0 Å². The van der Waals surface area contributed by atoms with E-state index < -0.39 is 99.6 Å². The minimum Gasteiger partial charge on any atom is -0.299 e. The molecule has 2 aromatic carbocycles. The Bertz CT molecular complexity index is 922. The maximum Gasteiger partial charge on any atom is 0.200 e. The Kier molecular flexibility index (Phi) is 6.57. The molecule has 0 N–H and O–H groups in total. The number of benzene rings is 2. The van der Waals surface area contributed by atoms with Gasteiger partial charge in [-0.3, -0.25) is 9.59 Å². The molecule has 0 atom stereocenters. The first-order chi connectivity index (χ1) is 13.8. The number of hydrogen-bond donors (Lipinski definition) is 0. The van der Waals surface area contributed by atoms with E-state index in [0.29, 0.717) is 0 Å². The second kappa shape index (κ2) is 8.44. The third kappa shape index (κ3) is 3.90. The van der Waals surface area contributed by atoms with Gasteiger partial charge in [0, 0.05) is 24.0 Å². The molecule has 0 saturated carbocycles. The van der Waals surface area contributed by atoms with Crippen LogP contribution in [0.5, 0.6) is 0 Å². The second-order valence-electron chi connectivity index (χ2n) is 6.10. The highest BCUT2D eigenvalue weighted by molar-refractivity contribution is 6.03. The molecule has 2 aromatic rings. The zero-order chi connectivity index (χ0) is 23.1. The first-order valence-corrected chi connectivity index (χ1v) is 7.87. The average molecular weight is 446 g/mol. The molecule has 0 aromatic heterocycles. The largest absolute Gasteiger partial charge is 0.299 e. The summed E-state index contributed by atoms with van der Waals surface area (Å²) in [5.41, 5.74) is -3.10. The van der Waals surface area contributed by atoms with Crippen LogP contribution in [0, 0.1) is 64.1 Å². The van der Waals surface area contributed by atoms with Crippen molar-refractivity contribution in [2.75, 3.05) is 0 Å². The van der Waals surface area contributed by atoms with Crippen molar-refractivity contribution in [3.05, 3.63) is 69.3 Å². The molecule has 0 bridgehead atoms. The molecule has 0 aliphatic carbocycles. The van der Waals surface area contributed by atoms with Gasteiger partial charge in [-0.05, 0) is 6.92 Å². The molecule has 2 nitrogen and oxygen atoms in total. The predicted molar refractivity (Wildman–Crippen MR) is 79.1 cm³/mol. The lowest BCUT2D eigenvalue weighted by atomic mass is 9.91. The summed E-state index contributed by atoms with van der Waals surface area (Å²) in [6.45, 7) is 0.767. The average Bonchev–Trinajstić information content (AvgIpc) is 2.73. The second-order valence-corrected chi connectivity index (χ2v) is 6.10. The summed E-state index contributed by atoms with van der Waals surface area (Å²) < 4.78 is 133.